The smallest absolute Gasteiger partial charge is 0.274 e. The minimum atomic E-state index is -0.210. The van der Waals surface area contributed by atoms with Gasteiger partial charge in [-0.3, -0.25) is 14.6 Å². The van der Waals surface area contributed by atoms with Gasteiger partial charge in [-0.1, -0.05) is 6.92 Å². The average molecular weight is 322 g/mol. The zero-order chi connectivity index (χ0) is 16.9. The SMILES string of the molecule is CCCNC(=O)CCN(CCCOCC)C(=O)c1cnccn1. The Bertz CT molecular complexity index is 468. The summed E-state index contributed by atoms with van der Waals surface area (Å²) in [6.45, 7) is 6.70. The van der Waals surface area contributed by atoms with Crippen LogP contribution in [0.4, 0.5) is 0 Å². The van der Waals surface area contributed by atoms with Crippen molar-refractivity contribution in [2.45, 2.75) is 33.1 Å². The molecular weight excluding hydrogens is 296 g/mol. The number of nitrogens with zero attached hydrogens (tertiary/aromatic N) is 3. The topological polar surface area (TPSA) is 84.4 Å². The van der Waals surface area contributed by atoms with Crippen molar-refractivity contribution in [3.05, 3.63) is 24.3 Å². The number of ether oxygens (including phenoxy) is 1. The third kappa shape index (κ3) is 7.69. The normalized spacial score (nSPS) is 10.3. The fraction of sp³-hybridized carbons (Fsp3) is 0.625. The van der Waals surface area contributed by atoms with Crippen molar-refractivity contribution in [2.24, 2.45) is 0 Å². The molecule has 0 aliphatic carbocycles. The van der Waals surface area contributed by atoms with Crippen LogP contribution in [-0.2, 0) is 9.53 Å². The second-order valence-corrected chi connectivity index (χ2v) is 5.03. The zero-order valence-electron chi connectivity index (χ0n) is 14.0. The van der Waals surface area contributed by atoms with Crippen LogP contribution in [0.15, 0.2) is 18.6 Å². The molecule has 0 saturated carbocycles. The number of amides is 2. The number of hydrogen-bond donors (Lipinski definition) is 1. The molecule has 0 fully saturated rings. The second-order valence-electron chi connectivity index (χ2n) is 5.03. The Balaban J connectivity index is 2.57. The number of aromatic nitrogens is 2. The molecule has 0 aliphatic rings. The van der Waals surface area contributed by atoms with E-state index in [1.807, 2.05) is 13.8 Å². The van der Waals surface area contributed by atoms with E-state index in [0.717, 1.165) is 12.8 Å². The highest BCUT2D eigenvalue weighted by Crippen LogP contribution is 2.03. The van der Waals surface area contributed by atoms with E-state index in [0.29, 0.717) is 32.8 Å². The quantitative estimate of drug-likeness (QED) is 0.620. The van der Waals surface area contributed by atoms with E-state index < -0.39 is 0 Å². The van der Waals surface area contributed by atoms with Crippen LogP contribution >= 0.6 is 0 Å². The number of carbonyl (C=O) groups excluding carboxylic acids is 2. The van der Waals surface area contributed by atoms with Crippen molar-refractivity contribution in [1.29, 1.82) is 0 Å². The second kappa shape index (κ2) is 11.5. The molecule has 1 aromatic rings. The van der Waals surface area contributed by atoms with Gasteiger partial charge in [0, 0.05) is 51.7 Å². The fourth-order valence-corrected chi connectivity index (χ4v) is 1.98. The Morgan fingerprint density at radius 1 is 1.26 bits per heavy atom. The van der Waals surface area contributed by atoms with E-state index in [4.69, 9.17) is 4.74 Å². The monoisotopic (exact) mass is 322 g/mol. The van der Waals surface area contributed by atoms with Crippen LogP contribution in [0.5, 0.6) is 0 Å². The summed E-state index contributed by atoms with van der Waals surface area (Å²) in [6, 6.07) is 0. The standard InChI is InChI=1S/C16H26N4O3/c1-3-7-19-15(21)6-11-20(10-5-12-23-4-2)16(22)14-13-17-8-9-18-14/h8-9,13H,3-7,10-12H2,1-2H3,(H,19,21). The van der Waals surface area contributed by atoms with Gasteiger partial charge in [-0.25, -0.2) is 4.98 Å². The Morgan fingerprint density at radius 2 is 2.09 bits per heavy atom. The van der Waals surface area contributed by atoms with Crippen LogP contribution in [0.1, 0.15) is 43.6 Å². The number of carbonyl (C=O) groups is 2. The Labute approximate surface area is 137 Å². The zero-order valence-corrected chi connectivity index (χ0v) is 14.0. The molecule has 0 bridgehead atoms. The Morgan fingerprint density at radius 3 is 2.74 bits per heavy atom. The molecule has 1 N–H and O–H groups in total. The van der Waals surface area contributed by atoms with Gasteiger partial charge < -0.3 is 15.0 Å². The predicted molar refractivity (Wildman–Crippen MR) is 87.0 cm³/mol. The lowest BCUT2D eigenvalue weighted by atomic mass is 10.3. The van der Waals surface area contributed by atoms with Crippen LogP contribution in [-0.4, -0.2) is 59.5 Å². The largest absolute Gasteiger partial charge is 0.382 e. The average Bonchev–Trinajstić information content (AvgIpc) is 2.59. The van der Waals surface area contributed by atoms with Gasteiger partial charge >= 0.3 is 0 Å². The fourth-order valence-electron chi connectivity index (χ4n) is 1.98. The summed E-state index contributed by atoms with van der Waals surface area (Å²) in [6.07, 6.45) is 6.34. The molecule has 0 radical (unpaired) electrons. The molecular formula is C16H26N4O3. The lowest BCUT2D eigenvalue weighted by Gasteiger charge is -2.22. The highest BCUT2D eigenvalue weighted by molar-refractivity contribution is 5.92. The lowest BCUT2D eigenvalue weighted by Crippen LogP contribution is -2.37. The Kier molecular flexibility index (Phi) is 9.54. The minimum absolute atomic E-state index is 0.0476. The van der Waals surface area contributed by atoms with Crippen molar-refractivity contribution in [3.8, 4) is 0 Å². The highest BCUT2D eigenvalue weighted by atomic mass is 16.5. The first-order valence-electron chi connectivity index (χ1n) is 8.08. The predicted octanol–water partition coefficient (Wildman–Crippen LogP) is 1.26. The summed E-state index contributed by atoms with van der Waals surface area (Å²) in [5.41, 5.74) is 0.290. The van der Waals surface area contributed by atoms with Gasteiger partial charge in [-0.15, -0.1) is 0 Å². The summed E-state index contributed by atoms with van der Waals surface area (Å²) >= 11 is 0. The molecule has 0 saturated heterocycles. The summed E-state index contributed by atoms with van der Waals surface area (Å²) < 4.78 is 5.30. The van der Waals surface area contributed by atoms with E-state index in [2.05, 4.69) is 15.3 Å². The van der Waals surface area contributed by atoms with Crippen molar-refractivity contribution in [3.63, 3.8) is 0 Å². The molecule has 0 aliphatic heterocycles. The summed E-state index contributed by atoms with van der Waals surface area (Å²) in [5.74, 6) is -0.258. The van der Waals surface area contributed by atoms with E-state index in [1.54, 1.807) is 4.90 Å². The summed E-state index contributed by atoms with van der Waals surface area (Å²) in [4.78, 5) is 33.8. The molecule has 1 rings (SSSR count). The number of hydrogen-bond acceptors (Lipinski definition) is 5. The van der Waals surface area contributed by atoms with Crippen molar-refractivity contribution >= 4 is 11.8 Å². The van der Waals surface area contributed by atoms with Crippen molar-refractivity contribution in [1.82, 2.24) is 20.2 Å². The first-order chi connectivity index (χ1) is 11.2. The van der Waals surface area contributed by atoms with E-state index in [9.17, 15) is 9.59 Å². The van der Waals surface area contributed by atoms with Gasteiger partial charge in [-0.2, -0.15) is 0 Å². The lowest BCUT2D eigenvalue weighted by molar-refractivity contribution is -0.121. The van der Waals surface area contributed by atoms with Gasteiger partial charge in [-0.05, 0) is 19.8 Å². The summed E-state index contributed by atoms with van der Waals surface area (Å²) in [5, 5.41) is 2.81. The molecule has 1 aromatic heterocycles. The van der Waals surface area contributed by atoms with Gasteiger partial charge in [0.25, 0.3) is 5.91 Å². The highest BCUT2D eigenvalue weighted by Gasteiger charge is 2.17. The molecule has 0 spiro atoms. The van der Waals surface area contributed by atoms with Gasteiger partial charge in [0.2, 0.25) is 5.91 Å². The molecule has 0 atom stereocenters. The first-order valence-corrected chi connectivity index (χ1v) is 8.08. The van der Waals surface area contributed by atoms with E-state index in [-0.39, 0.29) is 23.9 Å². The molecule has 1 heterocycles. The van der Waals surface area contributed by atoms with Crippen LogP contribution in [0.25, 0.3) is 0 Å². The number of rotatable bonds is 11. The van der Waals surface area contributed by atoms with Crippen LogP contribution in [0, 0.1) is 0 Å². The third-order valence-corrected chi connectivity index (χ3v) is 3.17. The van der Waals surface area contributed by atoms with Gasteiger partial charge in [0.15, 0.2) is 0 Å². The maximum atomic E-state index is 12.5. The van der Waals surface area contributed by atoms with Crippen molar-refractivity contribution in [2.75, 3.05) is 32.8 Å². The molecule has 7 nitrogen and oxygen atoms in total. The molecule has 7 heteroatoms. The maximum absolute atomic E-state index is 12.5. The molecule has 0 unspecified atom stereocenters. The Hall–Kier alpha value is -2.02. The minimum Gasteiger partial charge on any atom is -0.382 e. The van der Waals surface area contributed by atoms with Gasteiger partial charge in [0.05, 0.1) is 6.20 Å². The molecule has 23 heavy (non-hydrogen) atoms. The van der Waals surface area contributed by atoms with E-state index in [1.165, 1.54) is 18.6 Å². The maximum Gasteiger partial charge on any atom is 0.274 e. The molecule has 2 amide bonds. The molecule has 0 aromatic carbocycles. The summed E-state index contributed by atoms with van der Waals surface area (Å²) in [7, 11) is 0. The third-order valence-electron chi connectivity index (χ3n) is 3.17. The van der Waals surface area contributed by atoms with Crippen LogP contribution in [0.2, 0.25) is 0 Å². The number of nitrogens with one attached hydrogen (secondary N) is 1. The van der Waals surface area contributed by atoms with Crippen molar-refractivity contribution < 1.29 is 14.3 Å². The van der Waals surface area contributed by atoms with Crippen LogP contribution in [0.3, 0.4) is 0 Å². The first kappa shape index (κ1) is 19.0. The van der Waals surface area contributed by atoms with E-state index >= 15 is 0 Å². The molecule has 128 valence electrons. The van der Waals surface area contributed by atoms with Crippen LogP contribution < -0.4 is 5.32 Å². The van der Waals surface area contributed by atoms with Gasteiger partial charge in [0.1, 0.15) is 5.69 Å².